The third kappa shape index (κ3) is 8.30. The zero-order valence-electron chi connectivity index (χ0n) is 22.7. The summed E-state index contributed by atoms with van der Waals surface area (Å²) in [5.74, 6) is 2.29. The van der Waals surface area contributed by atoms with Crippen LogP contribution >= 0.6 is 0 Å². The minimum Gasteiger partial charge on any atom is -0.493 e. The molecule has 1 unspecified atom stereocenters. The van der Waals surface area contributed by atoms with E-state index in [9.17, 15) is 5.11 Å². The second-order valence-electron chi connectivity index (χ2n) is 9.40. The number of ether oxygens (including phenoxy) is 4. The molecule has 0 aliphatic heterocycles. The Bertz CT molecular complexity index is 1070. The Labute approximate surface area is 220 Å². The molecule has 1 N–H and O–H groups in total. The minimum absolute atomic E-state index is 0.288. The van der Waals surface area contributed by atoms with Crippen LogP contribution in [0.3, 0.4) is 0 Å². The molecule has 0 aliphatic rings. The Morgan fingerprint density at radius 1 is 0.973 bits per heavy atom. The molecular formula is C29H41N3O5. The summed E-state index contributed by atoms with van der Waals surface area (Å²) in [6.45, 7) is 9.34. The number of aliphatic hydroxyl groups excluding tert-OH is 1. The lowest BCUT2D eigenvalue weighted by Gasteiger charge is -2.25. The van der Waals surface area contributed by atoms with Gasteiger partial charge in [-0.2, -0.15) is 5.10 Å². The van der Waals surface area contributed by atoms with E-state index in [1.807, 2.05) is 59.3 Å². The smallest absolute Gasteiger partial charge is 0.227 e. The lowest BCUT2D eigenvalue weighted by Crippen LogP contribution is -2.37. The summed E-state index contributed by atoms with van der Waals surface area (Å²) in [7, 11) is 3.31. The van der Waals surface area contributed by atoms with Crippen molar-refractivity contribution < 1.29 is 24.1 Å². The minimum atomic E-state index is -0.622. The molecule has 1 atom stereocenters. The Morgan fingerprint density at radius 3 is 2.32 bits per heavy atom. The van der Waals surface area contributed by atoms with Crippen molar-refractivity contribution in [2.24, 2.45) is 5.92 Å². The van der Waals surface area contributed by atoms with Gasteiger partial charge in [0.25, 0.3) is 0 Å². The number of hydrogen-bond donors (Lipinski definition) is 1. The third-order valence-electron chi connectivity index (χ3n) is 5.85. The van der Waals surface area contributed by atoms with Crippen LogP contribution in [0, 0.1) is 5.92 Å². The quantitative estimate of drug-likeness (QED) is 0.298. The molecule has 2 aromatic carbocycles. The SMILES string of the molecule is CCc1nn(-c2ccccc2)c(Oc2ccccc2OC)c1CN(CCOC)CC(O)COCC(C)C. The van der Waals surface area contributed by atoms with E-state index < -0.39 is 6.10 Å². The van der Waals surface area contributed by atoms with Crippen LogP contribution in [0.15, 0.2) is 54.6 Å². The van der Waals surface area contributed by atoms with E-state index in [0.29, 0.717) is 56.1 Å². The number of methoxy groups -OCH3 is 2. The average Bonchev–Trinajstić information content (AvgIpc) is 3.24. The number of aryl methyl sites for hydroxylation is 1. The topological polar surface area (TPSA) is 78.2 Å². The van der Waals surface area contributed by atoms with Gasteiger partial charge < -0.3 is 24.1 Å². The van der Waals surface area contributed by atoms with Crippen molar-refractivity contribution in [1.29, 1.82) is 0 Å². The molecule has 0 radical (unpaired) electrons. The molecule has 0 saturated heterocycles. The molecular weight excluding hydrogens is 470 g/mol. The van der Waals surface area contributed by atoms with E-state index in [-0.39, 0.29) is 6.61 Å². The second kappa shape index (κ2) is 14.7. The van der Waals surface area contributed by atoms with Crippen molar-refractivity contribution in [1.82, 2.24) is 14.7 Å². The first kappa shape index (κ1) is 28.7. The van der Waals surface area contributed by atoms with Gasteiger partial charge in [-0.05, 0) is 36.6 Å². The van der Waals surface area contributed by atoms with E-state index >= 15 is 0 Å². The predicted octanol–water partition coefficient (Wildman–Crippen LogP) is 4.72. The largest absolute Gasteiger partial charge is 0.493 e. The summed E-state index contributed by atoms with van der Waals surface area (Å²) in [6.07, 6.45) is 0.110. The zero-order chi connectivity index (χ0) is 26.6. The lowest BCUT2D eigenvalue weighted by molar-refractivity contribution is 0.00323. The highest BCUT2D eigenvalue weighted by Crippen LogP contribution is 2.36. The molecule has 0 fully saturated rings. The fourth-order valence-corrected chi connectivity index (χ4v) is 4.05. The van der Waals surface area contributed by atoms with Gasteiger partial charge in [0, 0.05) is 33.4 Å². The van der Waals surface area contributed by atoms with Crippen LogP contribution in [-0.2, 0) is 22.4 Å². The van der Waals surface area contributed by atoms with E-state index in [1.165, 1.54) is 0 Å². The van der Waals surface area contributed by atoms with E-state index in [4.69, 9.17) is 24.0 Å². The summed E-state index contributed by atoms with van der Waals surface area (Å²) < 4.78 is 25.0. The summed E-state index contributed by atoms with van der Waals surface area (Å²) in [5, 5.41) is 15.7. The van der Waals surface area contributed by atoms with Crippen molar-refractivity contribution in [2.75, 3.05) is 47.1 Å². The standard InChI is InChI=1S/C29H41N3O5/c1-6-26-25(19-31(16-17-34-4)18-24(33)21-36-20-22(2)3)29(32(30-26)23-12-8-7-9-13-23)37-28-15-11-10-14-27(28)35-5/h7-15,22,24,33H,6,16-21H2,1-5H3. The first-order valence-electron chi connectivity index (χ1n) is 12.9. The van der Waals surface area contributed by atoms with Gasteiger partial charge in [-0.15, -0.1) is 0 Å². The third-order valence-corrected chi connectivity index (χ3v) is 5.85. The summed E-state index contributed by atoms with van der Waals surface area (Å²) in [6, 6.07) is 17.5. The number of benzene rings is 2. The number of rotatable bonds is 16. The first-order valence-corrected chi connectivity index (χ1v) is 12.9. The highest BCUT2D eigenvalue weighted by Gasteiger charge is 2.24. The Hall–Kier alpha value is -2.91. The van der Waals surface area contributed by atoms with Gasteiger partial charge in [-0.25, -0.2) is 4.68 Å². The molecule has 0 aliphatic carbocycles. The molecule has 0 amide bonds. The van der Waals surface area contributed by atoms with Gasteiger partial charge in [-0.1, -0.05) is 51.1 Å². The van der Waals surface area contributed by atoms with Crippen molar-refractivity contribution in [3.05, 3.63) is 65.9 Å². The molecule has 8 heteroatoms. The van der Waals surface area contributed by atoms with Crippen LogP contribution in [0.1, 0.15) is 32.0 Å². The molecule has 1 aromatic heterocycles. The van der Waals surface area contributed by atoms with Crippen LogP contribution < -0.4 is 9.47 Å². The van der Waals surface area contributed by atoms with Gasteiger partial charge in [-0.3, -0.25) is 4.90 Å². The maximum atomic E-state index is 10.7. The fourth-order valence-electron chi connectivity index (χ4n) is 4.05. The summed E-state index contributed by atoms with van der Waals surface area (Å²) in [5.41, 5.74) is 2.80. The molecule has 8 nitrogen and oxygen atoms in total. The molecule has 0 spiro atoms. The summed E-state index contributed by atoms with van der Waals surface area (Å²) in [4.78, 5) is 2.16. The van der Waals surface area contributed by atoms with Crippen molar-refractivity contribution in [3.8, 4) is 23.1 Å². The molecule has 3 aromatic rings. The van der Waals surface area contributed by atoms with Crippen LogP contribution in [0.2, 0.25) is 0 Å². The highest BCUT2D eigenvalue weighted by molar-refractivity contribution is 5.47. The molecule has 37 heavy (non-hydrogen) atoms. The Morgan fingerprint density at radius 2 is 1.68 bits per heavy atom. The molecule has 202 valence electrons. The fraction of sp³-hybridized carbons (Fsp3) is 0.483. The number of aromatic nitrogens is 2. The highest BCUT2D eigenvalue weighted by atomic mass is 16.5. The van der Waals surface area contributed by atoms with Crippen LogP contribution in [0.5, 0.6) is 17.4 Å². The number of nitrogens with zero attached hydrogens (tertiary/aromatic N) is 3. The number of para-hydroxylation sites is 3. The van der Waals surface area contributed by atoms with Gasteiger partial charge in [0.05, 0.1) is 43.4 Å². The predicted molar refractivity (Wildman–Crippen MR) is 145 cm³/mol. The Kier molecular flexibility index (Phi) is 11.4. The molecule has 0 bridgehead atoms. The van der Waals surface area contributed by atoms with E-state index in [0.717, 1.165) is 23.4 Å². The lowest BCUT2D eigenvalue weighted by atomic mass is 10.1. The van der Waals surface area contributed by atoms with Gasteiger partial charge >= 0.3 is 0 Å². The molecule has 0 saturated carbocycles. The maximum Gasteiger partial charge on any atom is 0.227 e. The molecule has 3 rings (SSSR count). The molecule has 1 heterocycles. The van der Waals surface area contributed by atoms with E-state index in [2.05, 4.69) is 25.7 Å². The van der Waals surface area contributed by atoms with Crippen molar-refractivity contribution in [2.45, 2.75) is 39.8 Å². The van der Waals surface area contributed by atoms with Crippen LogP contribution in [-0.4, -0.2) is 73.0 Å². The number of hydrogen-bond acceptors (Lipinski definition) is 7. The maximum absolute atomic E-state index is 10.7. The average molecular weight is 512 g/mol. The van der Waals surface area contributed by atoms with Crippen molar-refractivity contribution in [3.63, 3.8) is 0 Å². The van der Waals surface area contributed by atoms with Gasteiger partial charge in [0.15, 0.2) is 11.5 Å². The Balaban J connectivity index is 1.96. The van der Waals surface area contributed by atoms with Gasteiger partial charge in [0.1, 0.15) is 0 Å². The monoisotopic (exact) mass is 511 g/mol. The first-order chi connectivity index (χ1) is 18.0. The number of aliphatic hydroxyl groups is 1. The zero-order valence-corrected chi connectivity index (χ0v) is 22.7. The van der Waals surface area contributed by atoms with Crippen LogP contribution in [0.25, 0.3) is 5.69 Å². The summed E-state index contributed by atoms with van der Waals surface area (Å²) >= 11 is 0. The van der Waals surface area contributed by atoms with Gasteiger partial charge in [0.2, 0.25) is 5.88 Å². The second-order valence-corrected chi connectivity index (χ2v) is 9.40. The van der Waals surface area contributed by atoms with E-state index in [1.54, 1.807) is 14.2 Å². The van der Waals surface area contributed by atoms with Crippen molar-refractivity contribution >= 4 is 0 Å². The normalized spacial score (nSPS) is 12.3. The van der Waals surface area contributed by atoms with Crippen LogP contribution in [0.4, 0.5) is 0 Å².